The molecule has 0 atom stereocenters. The van der Waals surface area contributed by atoms with Gasteiger partial charge < -0.3 is 9.32 Å². The van der Waals surface area contributed by atoms with Gasteiger partial charge in [-0.05, 0) is 49.3 Å². The van der Waals surface area contributed by atoms with Gasteiger partial charge in [0.05, 0.1) is 4.90 Å². The normalized spacial score (nSPS) is 15.6. The lowest BCUT2D eigenvalue weighted by Crippen LogP contribution is -2.30. The molecule has 1 aliphatic heterocycles. The Morgan fingerprint density at radius 3 is 2.35 bits per heavy atom. The fraction of sp³-hybridized carbons (Fsp3) is 0.550. The van der Waals surface area contributed by atoms with Crippen molar-refractivity contribution in [2.24, 2.45) is 5.92 Å². The molecule has 3 rings (SSSR count). The third kappa shape index (κ3) is 3.95. The van der Waals surface area contributed by atoms with Gasteiger partial charge in [0.1, 0.15) is 0 Å². The second-order valence-corrected chi connectivity index (χ2v) is 9.23. The van der Waals surface area contributed by atoms with Crippen LogP contribution in [0.1, 0.15) is 51.5 Å². The number of hydrogen-bond acceptors (Lipinski definition) is 5. The molecule has 1 aromatic heterocycles. The van der Waals surface area contributed by atoms with Gasteiger partial charge in [-0.25, -0.2) is 8.42 Å². The van der Waals surface area contributed by atoms with Crippen LogP contribution in [0.5, 0.6) is 0 Å². The van der Waals surface area contributed by atoms with Crippen LogP contribution in [-0.4, -0.2) is 26.5 Å². The van der Waals surface area contributed by atoms with E-state index in [4.69, 9.17) is 4.42 Å². The third-order valence-corrected chi connectivity index (χ3v) is 6.41. The Balaban J connectivity index is 2.03. The molecule has 6 heteroatoms. The first-order valence-electron chi connectivity index (χ1n) is 9.50. The SMILES string of the molecule is CCc1ccc(S(=O)(=O)c2nc(CC(C)C)oc2N2CCCCC2)cc1. The zero-order chi connectivity index (χ0) is 18.7. The summed E-state index contributed by atoms with van der Waals surface area (Å²) in [5, 5.41) is 0.0688. The van der Waals surface area contributed by atoms with Gasteiger partial charge in [0.15, 0.2) is 5.89 Å². The van der Waals surface area contributed by atoms with Crippen LogP contribution < -0.4 is 4.90 Å². The molecule has 5 nitrogen and oxygen atoms in total. The summed E-state index contributed by atoms with van der Waals surface area (Å²) in [5.74, 6) is 1.27. The molecule has 1 saturated heterocycles. The number of oxazole rings is 1. The molecule has 0 amide bonds. The lowest BCUT2D eigenvalue weighted by atomic mass is 10.1. The van der Waals surface area contributed by atoms with Gasteiger partial charge in [-0.1, -0.05) is 32.9 Å². The summed E-state index contributed by atoms with van der Waals surface area (Å²) in [6, 6.07) is 7.07. The number of sulfone groups is 1. The van der Waals surface area contributed by atoms with Crippen LogP contribution in [0.2, 0.25) is 0 Å². The molecule has 0 aliphatic carbocycles. The maximum Gasteiger partial charge on any atom is 0.236 e. The summed E-state index contributed by atoms with van der Waals surface area (Å²) in [6.45, 7) is 7.82. The molecule has 1 aromatic carbocycles. The number of anilines is 1. The summed E-state index contributed by atoms with van der Waals surface area (Å²) in [7, 11) is -3.71. The highest BCUT2D eigenvalue weighted by Gasteiger charge is 2.31. The average Bonchev–Trinajstić information content (AvgIpc) is 3.06. The second-order valence-electron chi connectivity index (χ2n) is 7.36. The van der Waals surface area contributed by atoms with Gasteiger partial charge in [-0.15, -0.1) is 0 Å². The lowest BCUT2D eigenvalue weighted by Gasteiger charge is -2.26. The number of rotatable bonds is 6. The van der Waals surface area contributed by atoms with E-state index < -0.39 is 9.84 Å². The van der Waals surface area contributed by atoms with Crippen molar-refractivity contribution in [2.75, 3.05) is 18.0 Å². The quantitative estimate of drug-likeness (QED) is 0.754. The first-order valence-corrected chi connectivity index (χ1v) is 11.0. The Bertz CT molecular complexity index is 832. The second kappa shape index (κ2) is 7.82. The van der Waals surface area contributed by atoms with Gasteiger partial charge in [-0.2, -0.15) is 4.98 Å². The molecule has 0 unspecified atom stereocenters. The first-order chi connectivity index (χ1) is 12.4. The third-order valence-electron chi connectivity index (χ3n) is 4.75. The van der Waals surface area contributed by atoms with E-state index in [0.717, 1.165) is 37.9 Å². The maximum atomic E-state index is 13.2. The molecule has 0 bridgehead atoms. The zero-order valence-electron chi connectivity index (χ0n) is 15.9. The maximum absolute atomic E-state index is 13.2. The van der Waals surface area contributed by atoms with E-state index in [9.17, 15) is 8.42 Å². The lowest BCUT2D eigenvalue weighted by molar-refractivity contribution is 0.439. The van der Waals surface area contributed by atoms with Crippen LogP contribution in [0.25, 0.3) is 0 Å². The molecular weight excluding hydrogens is 348 g/mol. The van der Waals surface area contributed by atoms with Crippen LogP contribution >= 0.6 is 0 Å². The smallest absolute Gasteiger partial charge is 0.236 e. The van der Waals surface area contributed by atoms with Crippen LogP contribution in [0.15, 0.2) is 38.6 Å². The van der Waals surface area contributed by atoms with Crippen molar-refractivity contribution in [1.82, 2.24) is 4.98 Å². The van der Waals surface area contributed by atoms with Crippen molar-refractivity contribution in [2.45, 2.75) is 62.8 Å². The minimum Gasteiger partial charge on any atom is -0.424 e. The van der Waals surface area contributed by atoms with E-state index in [-0.39, 0.29) is 9.92 Å². The summed E-state index contributed by atoms with van der Waals surface area (Å²) < 4.78 is 32.4. The van der Waals surface area contributed by atoms with E-state index in [1.165, 1.54) is 6.42 Å². The molecule has 1 aliphatic rings. The highest BCUT2D eigenvalue weighted by Crippen LogP contribution is 2.33. The van der Waals surface area contributed by atoms with E-state index in [1.54, 1.807) is 12.1 Å². The molecule has 142 valence electrons. The standard InChI is InChI=1S/C20H28N2O3S/c1-4-16-8-10-17(11-9-16)26(23,24)19-20(22-12-6-5-7-13-22)25-18(21-19)14-15(2)3/h8-11,15H,4-7,12-14H2,1-3H3. The summed E-state index contributed by atoms with van der Waals surface area (Å²) in [6.07, 6.45) is 4.77. The summed E-state index contributed by atoms with van der Waals surface area (Å²) >= 11 is 0. The Kier molecular flexibility index (Phi) is 5.70. The highest BCUT2D eigenvalue weighted by atomic mass is 32.2. The van der Waals surface area contributed by atoms with E-state index in [1.807, 2.05) is 24.0 Å². The molecule has 2 aromatic rings. The van der Waals surface area contributed by atoms with Crippen LogP contribution in [0.4, 0.5) is 5.88 Å². The first kappa shape index (κ1) is 19.0. The molecular formula is C20H28N2O3S. The number of aryl methyl sites for hydroxylation is 1. The van der Waals surface area contributed by atoms with Crippen molar-refractivity contribution < 1.29 is 12.8 Å². The Labute approximate surface area is 156 Å². The molecule has 0 spiro atoms. The number of benzene rings is 1. The van der Waals surface area contributed by atoms with Crippen molar-refractivity contribution >= 4 is 15.7 Å². The molecule has 0 N–H and O–H groups in total. The van der Waals surface area contributed by atoms with E-state index >= 15 is 0 Å². The molecule has 26 heavy (non-hydrogen) atoms. The topological polar surface area (TPSA) is 63.4 Å². The van der Waals surface area contributed by atoms with Gasteiger partial charge >= 0.3 is 0 Å². The number of aromatic nitrogens is 1. The number of hydrogen-bond donors (Lipinski definition) is 0. The molecule has 0 saturated carbocycles. The van der Waals surface area contributed by atoms with Crippen molar-refractivity contribution in [3.63, 3.8) is 0 Å². The summed E-state index contributed by atoms with van der Waals surface area (Å²) in [5.41, 5.74) is 1.11. The molecule has 0 radical (unpaired) electrons. The van der Waals surface area contributed by atoms with Gasteiger partial charge in [0.2, 0.25) is 20.7 Å². The number of nitrogens with zero attached hydrogens (tertiary/aromatic N) is 2. The monoisotopic (exact) mass is 376 g/mol. The van der Waals surface area contributed by atoms with Gasteiger partial charge in [-0.3, -0.25) is 0 Å². The van der Waals surface area contributed by atoms with Gasteiger partial charge in [0.25, 0.3) is 0 Å². The largest absolute Gasteiger partial charge is 0.424 e. The molecule has 1 fully saturated rings. The number of piperidine rings is 1. The Morgan fingerprint density at radius 1 is 1.12 bits per heavy atom. The van der Waals surface area contributed by atoms with Gasteiger partial charge in [0, 0.05) is 19.5 Å². The Morgan fingerprint density at radius 2 is 1.77 bits per heavy atom. The predicted octanol–water partition coefficient (Wildman–Crippen LogP) is 4.26. The van der Waals surface area contributed by atoms with Crippen molar-refractivity contribution in [3.8, 4) is 0 Å². The van der Waals surface area contributed by atoms with Crippen molar-refractivity contribution in [3.05, 3.63) is 35.7 Å². The molecule has 2 heterocycles. The summed E-state index contributed by atoms with van der Waals surface area (Å²) in [4.78, 5) is 6.73. The fourth-order valence-electron chi connectivity index (χ4n) is 3.26. The zero-order valence-corrected chi connectivity index (χ0v) is 16.7. The highest BCUT2D eigenvalue weighted by molar-refractivity contribution is 7.91. The average molecular weight is 377 g/mol. The van der Waals surface area contributed by atoms with Crippen LogP contribution in [-0.2, 0) is 22.7 Å². The minimum atomic E-state index is -3.71. The predicted molar refractivity (Wildman–Crippen MR) is 102 cm³/mol. The van der Waals surface area contributed by atoms with E-state index in [0.29, 0.717) is 24.1 Å². The Hall–Kier alpha value is -1.82. The fourth-order valence-corrected chi connectivity index (χ4v) is 4.60. The van der Waals surface area contributed by atoms with Crippen molar-refractivity contribution in [1.29, 1.82) is 0 Å². The van der Waals surface area contributed by atoms with Crippen LogP contribution in [0.3, 0.4) is 0 Å². The van der Waals surface area contributed by atoms with Crippen LogP contribution in [0, 0.1) is 5.92 Å². The minimum absolute atomic E-state index is 0.0688. The van der Waals surface area contributed by atoms with E-state index in [2.05, 4.69) is 18.8 Å².